The van der Waals surface area contributed by atoms with E-state index in [1.807, 2.05) is 0 Å². The van der Waals surface area contributed by atoms with Gasteiger partial charge in [-0.25, -0.2) is 0 Å². The molecule has 20 heavy (non-hydrogen) atoms. The summed E-state index contributed by atoms with van der Waals surface area (Å²) in [7, 11) is 0. The molecule has 110 valence electrons. The minimum absolute atomic E-state index is 0.125. The summed E-state index contributed by atoms with van der Waals surface area (Å²) in [5.41, 5.74) is 6.66. The standard InChI is InChI=1S/C15H23N3O2/c16-9-13-8-12(4-7-17-13)14(20)18-10-15(11-19)5-2-1-3-6-15/h4,7-8,19H,1-3,5-6,9-11,16H2,(H,18,20). The van der Waals surface area contributed by atoms with E-state index in [9.17, 15) is 9.90 Å². The van der Waals surface area contributed by atoms with E-state index < -0.39 is 0 Å². The summed E-state index contributed by atoms with van der Waals surface area (Å²) in [5.74, 6) is -0.125. The maximum atomic E-state index is 12.2. The Morgan fingerprint density at radius 1 is 1.40 bits per heavy atom. The van der Waals surface area contributed by atoms with Gasteiger partial charge in [0.2, 0.25) is 0 Å². The minimum Gasteiger partial charge on any atom is -0.396 e. The molecular weight excluding hydrogens is 254 g/mol. The van der Waals surface area contributed by atoms with Crippen molar-refractivity contribution in [1.82, 2.24) is 10.3 Å². The van der Waals surface area contributed by atoms with Gasteiger partial charge < -0.3 is 16.2 Å². The Labute approximate surface area is 119 Å². The monoisotopic (exact) mass is 277 g/mol. The van der Waals surface area contributed by atoms with Crippen molar-refractivity contribution >= 4 is 5.91 Å². The van der Waals surface area contributed by atoms with Crippen LogP contribution in [-0.4, -0.2) is 29.1 Å². The van der Waals surface area contributed by atoms with Crippen molar-refractivity contribution in [3.05, 3.63) is 29.6 Å². The zero-order valence-corrected chi connectivity index (χ0v) is 11.8. The molecule has 0 radical (unpaired) electrons. The summed E-state index contributed by atoms with van der Waals surface area (Å²) < 4.78 is 0. The molecule has 0 atom stereocenters. The molecule has 5 heteroatoms. The van der Waals surface area contributed by atoms with Crippen molar-refractivity contribution in [2.24, 2.45) is 11.1 Å². The molecule has 1 aliphatic rings. The molecule has 0 spiro atoms. The second-order valence-corrected chi connectivity index (χ2v) is 5.64. The van der Waals surface area contributed by atoms with Gasteiger partial charge in [0.1, 0.15) is 0 Å². The van der Waals surface area contributed by atoms with Gasteiger partial charge >= 0.3 is 0 Å². The van der Waals surface area contributed by atoms with Gasteiger partial charge in [0, 0.05) is 30.3 Å². The van der Waals surface area contributed by atoms with Crippen LogP contribution in [0.15, 0.2) is 18.3 Å². The largest absolute Gasteiger partial charge is 0.396 e. The number of nitrogens with one attached hydrogen (secondary N) is 1. The molecule has 1 saturated carbocycles. The highest BCUT2D eigenvalue weighted by Gasteiger charge is 2.31. The van der Waals surface area contributed by atoms with E-state index in [1.165, 1.54) is 6.42 Å². The first-order valence-electron chi connectivity index (χ1n) is 7.23. The Balaban J connectivity index is 1.96. The van der Waals surface area contributed by atoms with E-state index in [0.29, 0.717) is 24.3 Å². The molecule has 0 saturated heterocycles. The second kappa shape index (κ2) is 6.81. The van der Waals surface area contributed by atoms with Crippen molar-refractivity contribution in [2.45, 2.75) is 38.6 Å². The predicted octanol–water partition coefficient (Wildman–Crippen LogP) is 1.21. The number of hydrogen-bond acceptors (Lipinski definition) is 4. The number of aliphatic hydroxyl groups is 1. The Kier molecular flexibility index (Phi) is 5.09. The summed E-state index contributed by atoms with van der Waals surface area (Å²) in [6.45, 7) is 0.988. The molecule has 1 heterocycles. The van der Waals surface area contributed by atoms with Gasteiger partial charge in [-0.2, -0.15) is 0 Å². The van der Waals surface area contributed by atoms with Crippen molar-refractivity contribution in [3.8, 4) is 0 Å². The van der Waals surface area contributed by atoms with Crippen molar-refractivity contribution in [3.63, 3.8) is 0 Å². The van der Waals surface area contributed by atoms with Crippen LogP contribution in [0.4, 0.5) is 0 Å². The van der Waals surface area contributed by atoms with Crippen LogP contribution in [0.1, 0.15) is 48.2 Å². The van der Waals surface area contributed by atoms with E-state index in [-0.39, 0.29) is 17.9 Å². The maximum Gasteiger partial charge on any atom is 0.251 e. The molecule has 0 aromatic carbocycles. The first-order valence-corrected chi connectivity index (χ1v) is 7.23. The maximum absolute atomic E-state index is 12.2. The molecule has 1 aliphatic carbocycles. The van der Waals surface area contributed by atoms with E-state index in [0.717, 1.165) is 25.7 Å². The first kappa shape index (κ1) is 14.9. The zero-order valence-electron chi connectivity index (χ0n) is 11.8. The molecule has 4 N–H and O–H groups in total. The summed E-state index contributed by atoms with van der Waals surface area (Å²) in [6, 6.07) is 3.39. The van der Waals surface area contributed by atoms with Gasteiger partial charge in [0.15, 0.2) is 0 Å². The van der Waals surface area contributed by atoms with Crippen LogP contribution in [0.5, 0.6) is 0 Å². The Hall–Kier alpha value is -1.46. The number of nitrogens with two attached hydrogens (primary N) is 1. The minimum atomic E-state index is -0.141. The van der Waals surface area contributed by atoms with E-state index >= 15 is 0 Å². The Morgan fingerprint density at radius 3 is 2.80 bits per heavy atom. The second-order valence-electron chi connectivity index (χ2n) is 5.64. The van der Waals surface area contributed by atoms with E-state index in [2.05, 4.69) is 10.3 Å². The number of carbonyl (C=O) groups excluding carboxylic acids is 1. The lowest BCUT2D eigenvalue weighted by molar-refractivity contribution is 0.0718. The molecule has 1 aromatic heterocycles. The van der Waals surface area contributed by atoms with Crippen LogP contribution in [0.3, 0.4) is 0 Å². The summed E-state index contributed by atoms with van der Waals surface area (Å²) in [6.07, 6.45) is 7.04. The number of rotatable bonds is 5. The van der Waals surface area contributed by atoms with Crippen LogP contribution in [0.2, 0.25) is 0 Å². The van der Waals surface area contributed by atoms with Crippen molar-refractivity contribution in [1.29, 1.82) is 0 Å². The lowest BCUT2D eigenvalue weighted by Crippen LogP contribution is -2.41. The molecule has 2 rings (SSSR count). The van der Waals surface area contributed by atoms with Gasteiger partial charge in [-0.1, -0.05) is 19.3 Å². The predicted molar refractivity (Wildman–Crippen MR) is 77.1 cm³/mol. The topological polar surface area (TPSA) is 88.2 Å². The Morgan fingerprint density at radius 2 is 2.15 bits per heavy atom. The molecule has 1 fully saturated rings. The SMILES string of the molecule is NCc1cc(C(=O)NCC2(CO)CCCCC2)ccn1. The number of amides is 1. The molecule has 5 nitrogen and oxygen atoms in total. The van der Waals surface area contributed by atoms with Gasteiger partial charge in [-0.05, 0) is 25.0 Å². The number of aliphatic hydroxyl groups excluding tert-OH is 1. The highest BCUT2D eigenvalue weighted by molar-refractivity contribution is 5.94. The molecule has 0 unspecified atom stereocenters. The highest BCUT2D eigenvalue weighted by atomic mass is 16.3. The summed E-state index contributed by atoms with van der Waals surface area (Å²) in [5, 5.41) is 12.6. The number of nitrogens with zero attached hydrogens (tertiary/aromatic N) is 1. The fourth-order valence-electron chi connectivity index (χ4n) is 2.79. The molecule has 0 aliphatic heterocycles. The van der Waals surface area contributed by atoms with Crippen LogP contribution >= 0.6 is 0 Å². The van der Waals surface area contributed by atoms with Crippen LogP contribution in [0.25, 0.3) is 0 Å². The molecule has 1 aromatic rings. The fraction of sp³-hybridized carbons (Fsp3) is 0.600. The zero-order chi connectivity index (χ0) is 14.4. The third-order valence-corrected chi connectivity index (χ3v) is 4.16. The van der Waals surface area contributed by atoms with Gasteiger partial charge in [-0.3, -0.25) is 9.78 Å². The third kappa shape index (κ3) is 3.55. The number of pyridine rings is 1. The molecule has 0 bridgehead atoms. The van der Waals surface area contributed by atoms with Crippen LogP contribution < -0.4 is 11.1 Å². The molecular formula is C15H23N3O2. The van der Waals surface area contributed by atoms with E-state index in [1.54, 1.807) is 18.3 Å². The number of carbonyl (C=O) groups is 1. The average molecular weight is 277 g/mol. The summed E-state index contributed by atoms with van der Waals surface area (Å²) in [4.78, 5) is 16.2. The van der Waals surface area contributed by atoms with Gasteiger partial charge in [-0.15, -0.1) is 0 Å². The number of hydrogen-bond donors (Lipinski definition) is 3. The van der Waals surface area contributed by atoms with Crippen LogP contribution in [0, 0.1) is 5.41 Å². The fourth-order valence-corrected chi connectivity index (χ4v) is 2.79. The average Bonchev–Trinajstić information content (AvgIpc) is 2.53. The molecule has 1 amide bonds. The van der Waals surface area contributed by atoms with Gasteiger partial charge in [0.05, 0.1) is 12.3 Å². The summed E-state index contributed by atoms with van der Waals surface area (Å²) >= 11 is 0. The van der Waals surface area contributed by atoms with Crippen molar-refractivity contribution < 1.29 is 9.90 Å². The quantitative estimate of drug-likeness (QED) is 0.755. The lowest BCUT2D eigenvalue weighted by Gasteiger charge is -2.35. The number of aromatic nitrogens is 1. The normalized spacial score (nSPS) is 17.7. The van der Waals surface area contributed by atoms with Crippen molar-refractivity contribution in [2.75, 3.05) is 13.2 Å². The highest BCUT2D eigenvalue weighted by Crippen LogP contribution is 2.35. The van der Waals surface area contributed by atoms with Gasteiger partial charge in [0.25, 0.3) is 5.91 Å². The van der Waals surface area contributed by atoms with E-state index in [4.69, 9.17) is 5.73 Å². The van der Waals surface area contributed by atoms with Crippen LogP contribution in [-0.2, 0) is 6.54 Å². The third-order valence-electron chi connectivity index (χ3n) is 4.16. The first-order chi connectivity index (χ1) is 9.69. The Bertz CT molecular complexity index is 456. The lowest BCUT2D eigenvalue weighted by atomic mass is 9.74. The smallest absolute Gasteiger partial charge is 0.251 e.